The first-order valence-electron chi connectivity index (χ1n) is 6.70. The van der Waals surface area contributed by atoms with Crippen LogP contribution in [-0.2, 0) is 19.1 Å². The van der Waals surface area contributed by atoms with Crippen molar-refractivity contribution in [2.45, 2.75) is 13.8 Å². The van der Waals surface area contributed by atoms with Gasteiger partial charge in [0.2, 0.25) is 11.0 Å². The van der Waals surface area contributed by atoms with Crippen LogP contribution in [0.3, 0.4) is 0 Å². The van der Waals surface area contributed by atoms with Crippen molar-refractivity contribution in [3.05, 3.63) is 27.7 Å². The molecule has 1 aromatic carbocycles. The summed E-state index contributed by atoms with van der Waals surface area (Å²) in [7, 11) is 1.39. The minimum atomic E-state index is -1.12. The van der Waals surface area contributed by atoms with Crippen LogP contribution in [0.15, 0.2) is 16.6 Å². The van der Waals surface area contributed by atoms with Gasteiger partial charge in [0.1, 0.15) is 13.2 Å². The number of carbonyl (C=O) groups excluding carboxylic acids is 2. The van der Waals surface area contributed by atoms with Crippen LogP contribution in [0.2, 0.25) is 0 Å². The lowest BCUT2D eigenvalue weighted by Gasteiger charge is -2.25. The van der Waals surface area contributed by atoms with Crippen LogP contribution in [0.25, 0.3) is 0 Å². The third-order valence-corrected chi connectivity index (χ3v) is 4.74. The number of halogens is 1. The Morgan fingerprint density at radius 3 is 2.52 bits per heavy atom. The molecule has 1 rings (SSSR count). The van der Waals surface area contributed by atoms with Crippen LogP contribution in [0.1, 0.15) is 11.1 Å². The summed E-state index contributed by atoms with van der Waals surface area (Å²) in [6, 6.07) is 3.65. The molecule has 0 heterocycles. The van der Waals surface area contributed by atoms with Crippen LogP contribution in [0.4, 0.5) is 5.69 Å². The normalized spacial score (nSPS) is 10.4. The first-order chi connectivity index (χ1) is 10.8. The van der Waals surface area contributed by atoms with Gasteiger partial charge >= 0.3 is 5.97 Å². The third kappa shape index (κ3) is 5.63. The molecule has 0 saturated heterocycles. The molecule has 126 valence electrons. The van der Waals surface area contributed by atoms with Gasteiger partial charge in [-0.1, -0.05) is 33.8 Å². The second kappa shape index (κ2) is 9.05. The maximum Gasteiger partial charge on any atom is 0.323 e. The molecule has 0 bridgehead atoms. The van der Waals surface area contributed by atoms with E-state index in [1.807, 2.05) is 6.07 Å². The molecule has 6 nitrogen and oxygen atoms in total. The summed E-state index contributed by atoms with van der Waals surface area (Å²) in [5, 5.41) is 8.83. The summed E-state index contributed by atoms with van der Waals surface area (Å²) in [4.78, 5) is 36.2. The Morgan fingerprint density at radius 1 is 1.30 bits per heavy atom. The van der Waals surface area contributed by atoms with Gasteiger partial charge in [0.15, 0.2) is 0 Å². The van der Waals surface area contributed by atoms with Crippen molar-refractivity contribution < 1.29 is 24.2 Å². The maximum absolute atomic E-state index is 12.4. The Labute approximate surface area is 147 Å². The summed E-state index contributed by atoms with van der Waals surface area (Å²) in [5.74, 6) is -1.70. The van der Waals surface area contributed by atoms with Crippen LogP contribution in [-0.4, -0.2) is 48.1 Å². The molecule has 0 aliphatic carbocycles. The van der Waals surface area contributed by atoms with Crippen molar-refractivity contribution in [1.29, 1.82) is 0 Å². The number of ether oxygens (including phenoxy) is 1. The van der Waals surface area contributed by atoms with E-state index in [9.17, 15) is 14.4 Å². The highest BCUT2D eigenvalue weighted by molar-refractivity contribution is 9.10. The summed E-state index contributed by atoms with van der Waals surface area (Å²) in [6.07, 6.45) is 0. The first-order valence-corrected chi connectivity index (χ1v) is 8.48. The quantitative estimate of drug-likeness (QED) is 0.752. The molecule has 8 heteroatoms. The van der Waals surface area contributed by atoms with E-state index < -0.39 is 18.4 Å². The monoisotopic (exact) mass is 403 g/mol. The third-order valence-electron chi connectivity index (χ3n) is 3.05. The molecule has 0 aromatic heterocycles. The Hall–Kier alpha value is -1.38. The molecule has 1 amide bonds. The summed E-state index contributed by atoms with van der Waals surface area (Å²) >= 11 is 4.20. The second-order valence-corrected chi connectivity index (χ2v) is 6.69. The number of rotatable bonds is 7. The predicted molar refractivity (Wildman–Crippen MR) is 92.9 cm³/mol. The lowest BCUT2D eigenvalue weighted by atomic mass is 10.1. The molecule has 0 saturated carbocycles. The fraction of sp³-hybridized carbons (Fsp3) is 0.400. The number of amides is 1. The van der Waals surface area contributed by atoms with Crippen molar-refractivity contribution >= 4 is 50.4 Å². The van der Waals surface area contributed by atoms with Crippen molar-refractivity contribution in [2.24, 2.45) is 0 Å². The summed E-state index contributed by atoms with van der Waals surface area (Å²) in [5.41, 5.74) is 2.10. The minimum Gasteiger partial charge on any atom is -0.480 e. The van der Waals surface area contributed by atoms with Gasteiger partial charge in [-0.25, -0.2) is 0 Å². The Morgan fingerprint density at radius 2 is 1.96 bits per heavy atom. The highest BCUT2D eigenvalue weighted by atomic mass is 79.9. The smallest absolute Gasteiger partial charge is 0.323 e. The lowest BCUT2D eigenvalue weighted by Crippen LogP contribution is -2.38. The number of anilines is 1. The van der Waals surface area contributed by atoms with Crippen LogP contribution >= 0.6 is 27.7 Å². The summed E-state index contributed by atoms with van der Waals surface area (Å²) < 4.78 is 5.49. The zero-order chi connectivity index (χ0) is 17.6. The SMILES string of the molecule is COCC(=O)SCC(=O)N(CC(=O)O)c1c(C)ccc(Br)c1C. The molecule has 1 N–H and O–H groups in total. The number of thioether (sulfide) groups is 1. The van der Waals surface area contributed by atoms with Crippen molar-refractivity contribution in [3.8, 4) is 0 Å². The van der Waals surface area contributed by atoms with Gasteiger partial charge < -0.3 is 9.84 Å². The topological polar surface area (TPSA) is 83.9 Å². The molecule has 23 heavy (non-hydrogen) atoms. The van der Waals surface area contributed by atoms with E-state index in [0.717, 1.165) is 27.4 Å². The number of hydrogen-bond acceptors (Lipinski definition) is 5. The van der Waals surface area contributed by atoms with Crippen LogP contribution < -0.4 is 4.90 Å². The Bertz CT molecular complexity index is 620. The highest BCUT2D eigenvalue weighted by Gasteiger charge is 2.23. The minimum absolute atomic E-state index is 0.0915. The highest BCUT2D eigenvalue weighted by Crippen LogP contribution is 2.31. The number of aliphatic carboxylic acids is 1. The van der Waals surface area contributed by atoms with Crippen molar-refractivity contribution in [1.82, 2.24) is 0 Å². The van der Waals surface area contributed by atoms with E-state index in [4.69, 9.17) is 9.84 Å². The fourth-order valence-corrected chi connectivity index (χ4v) is 2.99. The van der Waals surface area contributed by atoms with Gasteiger partial charge in [-0.15, -0.1) is 0 Å². The molecular weight excluding hydrogens is 386 g/mol. The zero-order valence-corrected chi connectivity index (χ0v) is 15.5. The van der Waals surface area contributed by atoms with Gasteiger partial charge in [-0.2, -0.15) is 0 Å². The van der Waals surface area contributed by atoms with Gasteiger partial charge in [0.25, 0.3) is 0 Å². The van der Waals surface area contributed by atoms with E-state index in [-0.39, 0.29) is 17.5 Å². The molecule has 0 unspecified atom stereocenters. The number of carboxylic acids is 1. The number of benzene rings is 1. The fourth-order valence-electron chi connectivity index (χ4n) is 2.03. The van der Waals surface area contributed by atoms with Crippen LogP contribution in [0, 0.1) is 13.8 Å². The van der Waals surface area contributed by atoms with Gasteiger partial charge in [0.05, 0.1) is 11.4 Å². The molecule has 0 aliphatic heterocycles. The molecule has 0 fully saturated rings. The molecule has 1 aromatic rings. The standard InChI is InChI=1S/C15H18BrNO5S/c1-9-4-5-11(16)10(2)15(9)17(6-13(19)20)12(18)8-23-14(21)7-22-3/h4-5H,6-8H2,1-3H3,(H,19,20). The average Bonchev–Trinajstić information content (AvgIpc) is 2.48. The molecule has 0 radical (unpaired) electrons. The largest absolute Gasteiger partial charge is 0.480 e. The number of carboxylic acid groups (broad SMARTS) is 1. The Kier molecular flexibility index (Phi) is 7.74. The Balaban J connectivity index is 3.06. The van der Waals surface area contributed by atoms with E-state index in [0.29, 0.717) is 5.69 Å². The van der Waals surface area contributed by atoms with E-state index in [1.165, 1.54) is 12.0 Å². The molecule has 0 atom stereocenters. The summed E-state index contributed by atoms with van der Waals surface area (Å²) in [6.45, 7) is 3.06. The van der Waals surface area contributed by atoms with Crippen molar-refractivity contribution in [2.75, 3.05) is 30.9 Å². The molecular formula is C15H18BrNO5S. The number of hydrogen-bond donors (Lipinski definition) is 1. The second-order valence-electron chi connectivity index (χ2n) is 4.81. The first kappa shape index (κ1) is 19.7. The van der Waals surface area contributed by atoms with Crippen molar-refractivity contribution in [3.63, 3.8) is 0 Å². The maximum atomic E-state index is 12.4. The van der Waals surface area contributed by atoms with E-state index in [1.54, 1.807) is 19.9 Å². The van der Waals surface area contributed by atoms with Gasteiger partial charge in [-0.05, 0) is 31.0 Å². The molecule has 0 aliphatic rings. The molecule has 0 spiro atoms. The van der Waals surface area contributed by atoms with Gasteiger partial charge in [-0.3, -0.25) is 19.3 Å². The van der Waals surface area contributed by atoms with E-state index >= 15 is 0 Å². The number of carbonyl (C=O) groups is 3. The number of nitrogens with zero attached hydrogens (tertiary/aromatic N) is 1. The number of aryl methyl sites for hydroxylation is 1. The predicted octanol–water partition coefficient (Wildman–Crippen LogP) is 2.39. The zero-order valence-electron chi connectivity index (χ0n) is 13.1. The van der Waals surface area contributed by atoms with E-state index in [2.05, 4.69) is 15.9 Å². The average molecular weight is 404 g/mol. The van der Waals surface area contributed by atoms with Crippen LogP contribution in [0.5, 0.6) is 0 Å². The number of methoxy groups -OCH3 is 1. The van der Waals surface area contributed by atoms with Gasteiger partial charge in [0, 0.05) is 11.6 Å². The lowest BCUT2D eigenvalue weighted by molar-refractivity contribution is -0.136.